The topological polar surface area (TPSA) is 47.4 Å². The van der Waals surface area contributed by atoms with Gasteiger partial charge in [-0.1, -0.05) is 22.0 Å². The van der Waals surface area contributed by atoms with Gasteiger partial charge in [-0.25, -0.2) is 4.79 Å². The number of halogens is 1. The standard InChI is InChI=1S/C15H18BrN3O2/c1-18(8-11-7-17-19(2)9-11)10-13-5-4-12(6-14(13)16)15(20)21-3/h4-7,9H,8,10H2,1-3H3. The Morgan fingerprint density at radius 1 is 1.43 bits per heavy atom. The number of carbonyl (C=O) groups excluding carboxylic acids is 1. The van der Waals surface area contributed by atoms with E-state index in [1.807, 2.05) is 32.6 Å². The van der Waals surface area contributed by atoms with Crippen LogP contribution in [-0.4, -0.2) is 34.8 Å². The highest BCUT2D eigenvalue weighted by Gasteiger charge is 2.10. The Bertz CT molecular complexity index is 640. The fraction of sp³-hybridized carbons (Fsp3) is 0.333. The third-order valence-corrected chi connectivity index (χ3v) is 3.86. The number of hydrogen-bond acceptors (Lipinski definition) is 4. The molecule has 0 N–H and O–H groups in total. The molecule has 2 rings (SSSR count). The van der Waals surface area contributed by atoms with E-state index in [1.165, 1.54) is 12.7 Å². The second-order valence-electron chi connectivity index (χ2n) is 4.99. The van der Waals surface area contributed by atoms with Crippen molar-refractivity contribution in [1.82, 2.24) is 14.7 Å². The molecule has 0 radical (unpaired) electrons. The van der Waals surface area contributed by atoms with Crippen LogP contribution in [0.4, 0.5) is 0 Å². The van der Waals surface area contributed by atoms with Crippen LogP contribution in [0.1, 0.15) is 21.5 Å². The Morgan fingerprint density at radius 3 is 2.76 bits per heavy atom. The van der Waals surface area contributed by atoms with Crippen LogP contribution in [0.5, 0.6) is 0 Å². The number of methoxy groups -OCH3 is 1. The molecule has 1 aromatic heterocycles. The van der Waals surface area contributed by atoms with Crippen LogP contribution in [0.25, 0.3) is 0 Å². The Labute approximate surface area is 132 Å². The lowest BCUT2D eigenvalue weighted by Gasteiger charge is -2.17. The number of benzene rings is 1. The summed E-state index contributed by atoms with van der Waals surface area (Å²) in [6.45, 7) is 1.59. The molecule has 0 aliphatic carbocycles. The Hall–Kier alpha value is -1.66. The van der Waals surface area contributed by atoms with E-state index in [-0.39, 0.29) is 5.97 Å². The number of ether oxygens (including phenoxy) is 1. The molecule has 0 amide bonds. The smallest absolute Gasteiger partial charge is 0.337 e. The van der Waals surface area contributed by atoms with Gasteiger partial charge in [0.25, 0.3) is 0 Å². The van der Waals surface area contributed by atoms with Gasteiger partial charge in [-0.3, -0.25) is 9.58 Å². The second-order valence-corrected chi connectivity index (χ2v) is 5.85. The van der Waals surface area contributed by atoms with E-state index >= 15 is 0 Å². The minimum Gasteiger partial charge on any atom is -0.465 e. The molecular weight excluding hydrogens is 334 g/mol. The predicted molar refractivity (Wildman–Crippen MR) is 83.9 cm³/mol. The van der Waals surface area contributed by atoms with E-state index in [4.69, 9.17) is 4.74 Å². The van der Waals surface area contributed by atoms with Crippen molar-refractivity contribution < 1.29 is 9.53 Å². The van der Waals surface area contributed by atoms with Gasteiger partial charge in [0.05, 0.1) is 18.9 Å². The maximum Gasteiger partial charge on any atom is 0.337 e. The highest BCUT2D eigenvalue weighted by atomic mass is 79.9. The van der Waals surface area contributed by atoms with Crippen molar-refractivity contribution in [3.05, 3.63) is 51.8 Å². The van der Waals surface area contributed by atoms with Crippen LogP contribution in [0.15, 0.2) is 35.1 Å². The molecule has 0 spiro atoms. The molecule has 21 heavy (non-hydrogen) atoms. The van der Waals surface area contributed by atoms with E-state index in [9.17, 15) is 4.79 Å². The monoisotopic (exact) mass is 351 g/mol. The largest absolute Gasteiger partial charge is 0.465 e. The quantitative estimate of drug-likeness (QED) is 0.776. The van der Waals surface area contributed by atoms with Gasteiger partial charge in [-0.2, -0.15) is 5.10 Å². The maximum absolute atomic E-state index is 11.5. The number of hydrogen-bond donors (Lipinski definition) is 0. The van der Waals surface area contributed by atoms with Gasteiger partial charge in [0.1, 0.15) is 0 Å². The molecule has 0 aliphatic rings. The summed E-state index contributed by atoms with van der Waals surface area (Å²) in [6.07, 6.45) is 3.87. The van der Waals surface area contributed by atoms with Crippen molar-refractivity contribution in [3.63, 3.8) is 0 Å². The third kappa shape index (κ3) is 4.15. The second kappa shape index (κ2) is 6.87. The number of nitrogens with zero attached hydrogens (tertiary/aromatic N) is 3. The zero-order valence-electron chi connectivity index (χ0n) is 12.3. The van der Waals surface area contributed by atoms with E-state index in [0.29, 0.717) is 5.56 Å². The number of carbonyl (C=O) groups is 1. The number of esters is 1. The first-order valence-electron chi connectivity index (χ1n) is 6.52. The minimum absolute atomic E-state index is 0.328. The van der Waals surface area contributed by atoms with Crippen LogP contribution >= 0.6 is 15.9 Å². The molecule has 0 atom stereocenters. The third-order valence-electron chi connectivity index (χ3n) is 3.13. The van der Waals surface area contributed by atoms with Crippen molar-refractivity contribution >= 4 is 21.9 Å². The summed E-state index contributed by atoms with van der Waals surface area (Å²) < 4.78 is 7.42. The molecule has 0 saturated heterocycles. The molecule has 6 heteroatoms. The lowest BCUT2D eigenvalue weighted by atomic mass is 10.1. The minimum atomic E-state index is -0.328. The maximum atomic E-state index is 11.5. The lowest BCUT2D eigenvalue weighted by molar-refractivity contribution is 0.0600. The summed E-state index contributed by atoms with van der Waals surface area (Å²) in [5.74, 6) is -0.328. The van der Waals surface area contributed by atoms with E-state index in [1.54, 1.807) is 16.8 Å². The predicted octanol–water partition coefficient (Wildman–Crippen LogP) is 2.60. The lowest BCUT2D eigenvalue weighted by Crippen LogP contribution is -2.17. The SMILES string of the molecule is COC(=O)c1ccc(CN(C)Cc2cnn(C)c2)c(Br)c1. The summed E-state index contributed by atoms with van der Waals surface area (Å²) in [6, 6.07) is 5.51. The molecule has 112 valence electrons. The molecular formula is C15H18BrN3O2. The Kier molecular flexibility index (Phi) is 5.14. The van der Waals surface area contributed by atoms with Crippen LogP contribution in [0, 0.1) is 0 Å². The first kappa shape index (κ1) is 15.7. The normalized spacial score (nSPS) is 10.9. The van der Waals surface area contributed by atoms with E-state index in [0.717, 1.165) is 23.1 Å². The Morgan fingerprint density at radius 2 is 2.19 bits per heavy atom. The molecule has 0 fully saturated rings. The fourth-order valence-corrected chi connectivity index (χ4v) is 2.64. The number of aromatic nitrogens is 2. The highest BCUT2D eigenvalue weighted by Crippen LogP contribution is 2.21. The molecule has 5 nitrogen and oxygen atoms in total. The van der Waals surface area contributed by atoms with Gasteiger partial charge < -0.3 is 4.74 Å². The van der Waals surface area contributed by atoms with Gasteiger partial charge >= 0.3 is 5.97 Å². The van der Waals surface area contributed by atoms with Gasteiger partial charge in [-0.15, -0.1) is 0 Å². The zero-order chi connectivity index (χ0) is 15.4. The van der Waals surface area contributed by atoms with Crippen LogP contribution in [0.2, 0.25) is 0 Å². The fourth-order valence-electron chi connectivity index (χ4n) is 2.13. The molecule has 2 aromatic rings. The molecule has 0 aliphatic heterocycles. The zero-order valence-corrected chi connectivity index (χ0v) is 13.9. The number of rotatable bonds is 5. The van der Waals surface area contributed by atoms with Crippen molar-refractivity contribution in [2.24, 2.45) is 7.05 Å². The van der Waals surface area contributed by atoms with Crippen LogP contribution in [-0.2, 0) is 24.9 Å². The number of aryl methyl sites for hydroxylation is 1. The summed E-state index contributed by atoms with van der Waals surface area (Å²) in [5.41, 5.74) is 2.83. The van der Waals surface area contributed by atoms with E-state index in [2.05, 4.69) is 25.9 Å². The first-order chi connectivity index (χ1) is 9.99. The van der Waals surface area contributed by atoms with Gasteiger partial charge in [0.15, 0.2) is 0 Å². The molecule has 0 saturated carbocycles. The average molecular weight is 352 g/mol. The van der Waals surface area contributed by atoms with Crippen molar-refractivity contribution in [2.75, 3.05) is 14.2 Å². The van der Waals surface area contributed by atoms with Crippen LogP contribution in [0.3, 0.4) is 0 Å². The average Bonchev–Trinajstić information content (AvgIpc) is 2.85. The highest BCUT2D eigenvalue weighted by molar-refractivity contribution is 9.10. The first-order valence-corrected chi connectivity index (χ1v) is 7.31. The molecule has 0 bridgehead atoms. The van der Waals surface area contributed by atoms with Crippen molar-refractivity contribution in [3.8, 4) is 0 Å². The van der Waals surface area contributed by atoms with Gasteiger partial charge in [-0.05, 0) is 24.7 Å². The van der Waals surface area contributed by atoms with Crippen LogP contribution < -0.4 is 0 Å². The van der Waals surface area contributed by atoms with Crippen molar-refractivity contribution in [2.45, 2.75) is 13.1 Å². The summed E-state index contributed by atoms with van der Waals surface area (Å²) in [4.78, 5) is 13.7. The van der Waals surface area contributed by atoms with Gasteiger partial charge in [0, 0.05) is 36.4 Å². The summed E-state index contributed by atoms with van der Waals surface area (Å²) in [5, 5.41) is 4.16. The molecule has 0 unspecified atom stereocenters. The van der Waals surface area contributed by atoms with E-state index < -0.39 is 0 Å². The summed E-state index contributed by atoms with van der Waals surface area (Å²) in [7, 11) is 5.34. The van der Waals surface area contributed by atoms with Gasteiger partial charge in [0.2, 0.25) is 0 Å². The summed E-state index contributed by atoms with van der Waals surface area (Å²) >= 11 is 3.51. The molecule has 1 heterocycles. The Balaban J connectivity index is 2.03. The molecule has 1 aromatic carbocycles. The van der Waals surface area contributed by atoms with Crippen molar-refractivity contribution in [1.29, 1.82) is 0 Å².